The number of carbonyl (C=O) groups excluding carboxylic acids is 3. The zero-order valence-electron chi connectivity index (χ0n) is 20.9. The van der Waals surface area contributed by atoms with E-state index in [9.17, 15) is 19.5 Å². The van der Waals surface area contributed by atoms with E-state index in [0.29, 0.717) is 24.3 Å². The van der Waals surface area contributed by atoms with Gasteiger partial charge in [0.05, 0.1) is 12.6 Å². The van der Waals surface area contributed by atoms with Crippen molar-refractivity contribution in [2.24, 2.45) is 0 Å². The van der Waals surface area contributed by atoms with Crippen LogP contribution >= 0.6 is 0 Å². The molecule has 3 amide bonds. The number of amides is 3. The summed E-state index contributed by atoms with van der Waals surface area (Å²) >= 11 is 0. The fourth-order valence-electron chi connectivity index (χ4n) is 5.56. The molecule has 0 spiro atoms. The van der Waals surface area contributed by atoms with E-state index in [2.05, 4.69) is 40.5 Å². The van der Waals surface area contributed by atoms with E-state index in [4.69, 9.17) is 4.74 Å². The van der Waals surface area contributed by atoms with E-state index in [1.807, 2.05) is 18.2 Å². The van der Waals surface area contributed by atoms with Crippen molar-refractivity contribution in [1.82, 2.24) is 15.1 Å². The van der Waals surface area contributed by atoms with Crippen LogP contribution in [0.3, 0.4) is 0 Å². The average molecular weight is 512 g/mol. The Balaban J connectivity index is 1.16. The number of phenols is 1. The van der Waals surface area contributed by atoms with Crippen LogP contribution in [-0.2, 0) is 22.7 Å². The minimum Gasteiger partial charge on any atom is -0.508 e. The normalized spacial score (nSPS) is 20.1. The number of hydrogen-bond donors (Lipinski definition) is 2. The summed E-state index contributed by atoms with van der Waals surface area (Å²) in [6.45, 7) is 2.67. The van der Waals surface area contributed by atoms with Crippen LogP contribution in [0, 0.1) is 0 Å². The molecule has 2 atom stereocenters. The van der Waals surface area contributed by atoms with E-state index in [1.165, 1.54) is 11.3 Å². The number of ether oxygens (including phenoxy) is 1. The second-order valence-electron chi connectivity index (χ2n) is 10.1. The molecule has 2 N–H and O–H groups in total. The third kappa shape index (κ3) is 4.52. The number of benzene rings is 3. The lowest BCUT2D eigenvalue weighted by Gasteiger charge is -2.39. The quantitative estimate of drug-likeness (QED) is 0.471. The number of nitrogens with zero attached hydrogens (tertiary/aromatic N) is 2. The summed E-state index contributed by atoms with van der Waals surface area (Å²) in [5.74, 6) is -0.0555. The zero-order valence-corrected chi connectivity index (χ0v) is 20.9. The van der Waals surface area contributed by atoms with Crippen LogP contribution in [0.2, 0.25) is 0 Å². The van der Waals surface area contributed by atoms with Gasteiger partial charge in [0.2, 0.25) is 11.8 Å². The molecule has 3 aliphatic heterocycles. The lowest BCUT2D eigenvalue weighted by molar-refractivity contribution is -0.136. The fraction of sp³-hybridized carbons (Fsp3) is 0.300. The van der Waals surface area contributed by atoms with Gasteiger partial charge >= 0.3 is 0 Å². The molecule has 8 nitrogen and oxygen atoms in total. The van der Waals surface area contributed by atoms with Crippen molar-refractivity contribution in [1.29, 1.82) is 0 Å². The summed E-state index contributed by atoms with van der Waals surface area (Å²) in [6.07, 6.45) is 1.72. The highest BCUT2D eigenvalue weighted by molar-refractivity contribution is 6.05. The molecule has 0 bridgehead atoms. The van der Waals surface area contributed by atoms with E-state index in [-0.39, 0.29) is 36.6 Å². The van der Waals surface area contributed by atoms with Gasteiger partial charge in [0.1, 0.15) is 24.1 Å². The summed E-state index contributed by atoms with van der Waals surface area (Å²) in [5, 5.41) is 12.3. The predicted octanol–water partition coefficient (Wildman–Crippen LogP) is 3.53. The Morgan fingerprint density at radius 3 is 2.47 bits per heavy atom. The largest absolute Gasteiger partial charge is 0.508 e. The molecule has 194 valence electrons. The van der Waals surface area contributed by atoms with Crippen LogP contribution in [-0.4, -0.2) is 51.8 Å². The van der Waals surface area contributed by atoms with Crippen LogP contribution in [0.5, 0.6) is 11.5 Å². The fourth-order valence-corrected chi connectivity index (χ4v) is 5.56. The van der Waals surface area contributed by atoms with Gasteiger partial charge < -0.3 is 14.7 Å². The van der Waals surface area contributed by atoms with Crippen molar-refractivity contribution in [3.05, 3.63) is 94.5 Å². The molecule has 3 aromatic carbocycles. The average Bonchev–Trinajstić information content (AvgIpc) is 3.22. The predicted molar refractivity (Wildman–Crippen MR) is 139 cm³/mol. The molecule has 8 heteroatoms. The molecular formula is C30H29N3O5. The molecule has 3 aromatic rings. The van der Waals surface area contributed by atoms with Gasteiger partial charge in [-0.15, -0.1) is 0 Å². The smallest absolute Gasteiger partial charge is 0.255 e. The highest BCUT2D eigenvalue weighted by Crippen LogP contribution is 2.35. The Morgan fingerprint density at radius 1 is 0.974 bits per heavy atom. The molecular weight excluding hydrogens is 482 g/mol. The first-order valence-corrected chi connectivity index (χ1v) is 13.0. The number of likely N-dealkylation sites (tertiary alicyclic amines) is 1. The molecule has 3 aliphatic rings. The highest BCUT2D eigenvalue weighted by atomic mass is 16.5. The Labute approximate surface area is 220 Å². The Morgan fingerprint density at radius 2 is 1.76 bits per heavy atom. The standard InChI is InChI=1S/C30H29N3O5/c34-22-5-1-4-21(16-22)28(32-14-3-15-32)20-10-8-19(9-11-20)18-38-26-7-2-6-23-24(26)17-33(30(23)37)25-12-13-27(35)31-29(25)36/h1-2,4-11,16,25,28,34H,3,12-15,17-18H2,(H,31,35,36). The van der Waals surface area contributed by atoms with E-state index in [0.717, 1.165) is 35.3 Å². The lowest BCUT2D eigenvalue weighted by Crippen LogP contribution is -2.52. The molecule has 2 unspecified atom stereocenters. The van der Waals surface area contributed by atoms with Crippen molar-refractivity contribution in [3.8, 4) is 11.5 Å². The third-order valence-electron chi connectivity index (χ3n) is 7.67. The first-order valence-electron chi connectivity index (χ1n) is 13.0. The Kier molecular flexibility index (Phi) is 6.33. The second-order valence-corrected chi connectivity index (χ2v) is 10.1. The number of nitrogens with one attached hydrogen (secondary N) is 1. The second kappa shape index (κ2) is 9.95. The molecule has 2 saturated heterocycles. The van der Waals surface area contributed by atoms with Crippen molar-refractivity contribution < 1.29 is 24.2 Å². The van der Waals surface area contributed by atoms with Gasteiger partial charge in [0.25, 0.3) is 5.91 Å². The van der Waals surface area contributed by atoms with Gasteiger partial charge in [-0.25, -0.2) is 0 Å². The summed E-state index contributed by atoms with van der Waals surface area (Å²) in [4.78, 5) is 40.9. The first kappa shape index (κ1) is 24.2. The molecule has 6 rings (SSSR count). The maximum Gasteiger partial charge on any atom is 0.255 e. The van der Waals surface area contributed by atoms with Crippen LogP contribution in [0.15, 0.2) is 66.7 Å². The number of hydrogen-bond acceptors (Lipinski definition) is 6. The first-order chi connectivity index (χ1) is 18.5. The minimum atomic E-state index is -0.654. The van der Waals surface area contributed by atoms with Crippen molar-refractivity contribution in [2.75, 3.05) is 13.1 Å². The van der Waals surface area contributed by atoms with Crippen LogP contribution < -0.4 is 10.1 Å². The van der Waals surface area contributed by atoms with Crippen LogP contribution in [0.1, 0.15) is 57.9 Å². The Bertz CT molecular complexity index is 1400. The molecule has 2 fully saturated rings. The van der Waals surface area contributed by atoms with E-state index in [1.54, 1.807) is 18.2 Å². The Hall–Kier alpha value is -4.17. The van der Waals surface area contributed by atoms with E-state index >= 15 is 0 Å². The van der Waals surface area contributed by atoms with Crippen LogP contribution in [0.4, 0.5) is 0 Å². The number of phenolic OH excluding ortho intramolecular Hbond substituents is 1. The van der Waals surface area contributed by atoms with Gasteiger partial charge in [-0.3, -0.25) is 24.6 Å². The zero-order chi connectivity index (χ0) is 26.2. The lowest BCUT2D eigenvalue weighted by atomic mass is 9.93. The van der Waals surface area contributed by atoms with E-state index < -0.39 is 11.9 Å². The van der Waals surface area contributed by atoms with Gasteiger partial charge in [-0.2, -0.15) is 0 Å². The maximum absolute atomic E-state index is 13.1. The monoisotopic (exact) mass is 511 g/mol. The number of fused-ring (bicyclic) bond motifs is 1. The van der Waals surface area contributed by atoms with Crippen LogP contribution in [0.25, 0.3) is 0 Å². The number of carbonyl (C=O) groups is 3. The van der Waals surface area contributed by atoms with Crippen molar-refractivity contribution in [3.63, 3.8) is 0 Å². The summed E-state index contributed by atoms with van der Waals surface area (Å²) in [7, 11) is 0. The molecule has 38 heavy (non-hydrogen) atoms. The molecule has 0 aliphatic carbocycles. The third-order valence-corrected chi connectivity index (χ3v) is 7.67. The number of piperidine rings is 1. The van der Waals surface area contributed by atoms with Gasteiger partial charge in [0.15, 0.2) is 0 Å². The van der Waals surface area contributed by atoms with Gasteiger partial charge in [-0.1, -0.05) is 42.5 Å². The molecule has 0 aromatic heterocycles. The maximum atomic E-state index is 13.1. The number of aromatic hydroxyl groups is 1. The number of rotatable bonds is 7. The molecule has 3 heterocycles. The topological polar surface area (TPSA) is 99.2 Å². The molecule has 0 radical (unpaired) electrons. The highest BCUT2D eigenvalue weighted by Gasteiger charge is 2.40. The molecule has 0 saturated carbocycles. The summed E-state index contributed by atoms with van der Waals surface area (Å²) < 4.78 is 6.17. The van der Waals surface area contributed by atoms with Gasteiger partial charge in [-0.05, 0) is 53.8 Å². The van der Waals surface area contributed by atoms with Crippen molar-refractivity contribution >= 4 is 17.7 Å². The minimum absolute atomic E-state index is 0.0903. The number of imide groups is 1. The van der Waals surface area contributed by atoms with Crippen molar-refractivity contribution in [2.45, 2.75) is 44.5 Å². The van der Waals surface area contributed by atoms with Gasteiger partial charge in [0, 0.05) is 30.6 Å². The summed E-state index contributed by atoms with van der Waals surface area (Å²) in [5.41, 5.74) is 4.52. The SMILES string of the molecule is O=C1CCC(N2Cc3c(OCc4ccc(C(c5cccc(O)c5)N5CCC5)cc4)cccc3C2=O)C(=O)N1. The summed E-state index contributed by atoms with van der Waals surface area (Å²) in [6, 6.07) is 20.6.